The van der Waals surface area contributed by atoms with E-state index in [1.54, 1.807) is 6.07 Å². The summed E-state index contributed by atoms with van der Waals surface area (Å²) < 4.78 is 18.7. The van der Waals surface area contributed by atoms with E-state index in [4.69, 9.17) is 4.74 Å². The molecule has 2 aromatic rings. The molecule has 1 saturated carbocycles. The van der Waals surface area contributed by atoms with Gasteiger partial charge in [-0.1, -0.05) is 18.2 Å². The number of hydrogen-bond acceptors (Lipinski definition) is 3. The summed E-state index contributed by atoms with van der Waals surface area (Å²) in [5.74, 6) is 0.941. The van der Waals surface area contributed by atoms with Gasteiger partial charge in [0, 0.05) is 23.9 Å². The molecule has 142 valence electrons. The van der Waals surface area contributed by atoms with Gasteiger partial charge in [0.2, 0.25) is 5.91 Å². The van der Waals surface area contributed by atoms with Crippen LogP contribution in [0.2, 0.25) is 0 Å². The highest BCUT2D eigenvalue weighted by Crippen LogP contribution is 2.40. The molecule has 2 aromatic carbocycles. The Morgan fingerprint density at radius 1 is 1.19 bits per heavy atom. The van der Waals surface area contributed by atoms with Gasteiger partial charge in [0.25, 0.3) is 0 Å². The second-order valence-electron chi connectivity index (χ2n) is 7.47. The monoisotopic (exact) mass is 368 g/mol. The van der Waals surface area contributed by atoms with E-state index in [1.165, 1.54) is 37.6 Å². The first-order valence-electron chi connectivity index (χ1n) is 9.61. The summed E-state index contributed by atoms with van der Waals surface area (Å²) in [6, 6.07) is 12.6. The summed E-state index contributed by atoms with van der Waals surface area (Å²) in [5.41, 5.74) is 3.10. The van der Waals surface area contributed by atoms with Crippen LogP contribution in [0.4, 0.5) is 10.1 Å². The molecule has 0 radical (unpaired) electrons. The molecular formula is C22H25FN2O2. The lowest BCUT2D eigenvalue weighted by atomic mass is 10.1. The number of carbonyl (C=O) groups excluding carboxylic acids is 1. The number of anilines is 1. The molecule has 27 heavy (non-hydrogen) atoms. The molecule has 1 aliphatic heterocycles. The second kappa shape index (κ2) is 7.69. The van der Waals surface area contributed by atoms with Crippen LogP contribution >= 0.6 is 0 Å². The summed E-state index contributed by atoms with van der Waals surface area (Å²) in [6.45, 7) is 1.42. The highest BCUT2D eigenvalue weighted by atomic mass is 19.1. The Balaban J connectivity index is 1.42. The van der Waals surface area contributed by atoms with Crippen LogP contribution in [0.1, 0.15) is 42.7 Å². The zero-order chi connectivity index (χ0) is 18.8. The molecule has 2 aliphatic rings. The van der Waals surface area contributed by atoms with Crippen molar-refractivity contribution in [2.75, 3.05) is 19.0 Å². The Kier molecular flexibility index (Phi) is 5.12. The molecule has 1 atom stereocenters. The fraction of sp³-hybridized carbons (Fsp3) is 0.409. The van der Waals surface area contributed by atoms with Crippen molar-refractivity contribution in [3.8, 4) is 5.75 Å². The summed E-state index contributed by atoms with van der Waals surface area (Å²) in [7, 11) is 1.54. The largest absolute Gasteiger partial charge is 0.496 e. The van der Waals surface area contributed by atoms with Crippen LogP contribution in [-0.4, -0.2) is 30.5 Å². The molecule has 5 heteroatoms. The molecule has 0 bridgehead atoms. The third kappa shape index (κ3) is 4.14. The van der Waals surface area contributed by atoms with Crippen LogP contribution in [0, 0.1) is 5.82 Å². The number of ether oxygens (including phenoxy) is 1. The Labute approximate surface area is 159 Å². The van der Waals surface area contributed by atoms with Gasteiger partial charge < -0.3 is 10.1 Å². The number of nitrogens with one attached hydrogen (secondary N) is 1. The number of halogens is 1. The number of benzene rings is 2. The van der Waals surface area contributed by atoms with E-state index < -0.39 is 0 Å². The van der Waals surface area contributed by atoms with Crippen molar-refractivity contribution in [2.45, 2.75) is 44.2 Å². The lowest BCUT2D eigenvalue weighted by Gasteiger charge is -2.24. The van der Waals surface area contributed by atoms with E-state index in [2.05, 4.69) is 22.3 Å². The zero-order valence-electron chi connectivity index (χ0n) is 15.6. The summed E-state index contributed by atoms with van der Waals surface area (Å²) in [5, 5.41) is 3.05. The Morgan fingerprint density at radius 3 is 2.67 bits per heavy atom. The quantitative estimate of drug-likeness (QED) is 0.826. The fourth-order valence-corrected chi connectivity index (χ4v) is 3.86. The molecule has 0 spiro atoms. The number of rotatable bonds is 6. The van der Waals surface area contributed by atoms with Crippen molar-refractivity contribution in [3.05, 3.63) is 59.4 Å². The standard InChI is InChI=1S/C22H25FN2O2/c1-27-21-13-18(23)9-6-17(21)14-25-12-2-3-20(25)22(26)24-19-10-7-16(8-11-19)15-4-5-15/h6-11,13,15,20H,2-5,12,14H2,1H3,(H,24,26)/t20-/m1/s1. The minimum absolute atomic E-state index is 0.0211. The van der Waals surface area contributed by atoms with E-state index in [9.17, 15) is 9.18 Å². The SMILES string of the molecule is COc1cc(F)ccc1CN1CCC[C@@H]1C(=O)Nc1ccc(C2CC2)cc1. The molecule has 1 N–H and O–H groups in total. The number of amides is 1. The number of methoxy groups -OCH3 is 1. The molecule has 1 heterocycles. The summed E-state index contributed by atoms with van der Waals surface area (Å²) >= 11 is 0. The van der Waals surface area contributed by atoms with E-state index in [1.807, 2.05) is 12.1 Å². The van der Waals surface area contributed by atoms with Gasteiger partial charge in [-0.2, -0.15) is 0 Å². The van der Waals surface area contributed by atoms with Crippen LogP contribution in [0.15, 0.2) is 42.5 Å². The molecular weight excluding hydrogens is 343 g/mol. The van der Waals surface area contributed by atoms with Crippen LogP contribution < -0.4 is 10.1 Å². The number of hydrogen-bond donors (Lipinski definition) is 1. The minimum atomic E-state index is -0.319. The highest BCUT2D eigenvalue weighted by Gasteiger charge is 2.31. The zero-order valence-corrected chi connectivity index (χ0v) is 15.6. The topological polar surface area (TPSA) is 41.6 Å². The first-order chi connectivity index (χ1) is 13.1. The van der Waals surface area contributed by atoms with Crippen molar-refractivity contribution >= 4 is 11.6 Å². The summed E-state index contributed by atoms with van der Waals surface area (Å²) in [6.07, 6.45) is 4.35. The Morgan fingerprint density at radius 2 is 1.96 bits per heavy atom. The van der Waals surface area contributed by atoms with E-state index >= 15 is 0 Å². The lowest BCUT2D eigenvalue weighted by molar-refractivity contribution is -0.120. The molecule has 0 aromatic heterocycles. The van der Waals surface area contributed by atoms with Crippen LogP contribution in [0.25, 0.3) is 0 Å². The second-order valence-corrected chi connectivity index (χ2v) is 7.47. The van der Waals surface area contributed by atoms with Crippen molar-refractivity contribution in [3.63, 3.8) is 0 Å². The molecule has 1 aliphatic carbocycles. The maximum atomic E-state index is 13.4. The average Bonchev–Trinajstić information content (AvgIpc) is 3.42. The predicted molar refractivity (Wildman–Crippen MR) is 103 cm³/mol. The third-order valence-corrected chi connectivity index (χ3v) is 5.52. The summed E-state index contributed by atoms with van der Waals surface area (Å²) in [4.78, 5) is 15.0. The van der Waals surface area contributed by atoms with Gasteiger partial charge in [-0.3, -0.25) is 9.69 Å². The predicted octanol–water partition coefficient (Wildman–Crippen LogP) is 4.31. The maximum absolute atomic E-state index is 13.4. The molecule has 1 amide bonds. The number of carbonyl (C=O) groups is 1. The van der Waals surface area contributed by atoms with Gasteiger partial charge in [-0.15, -0.1) is 0 Å². The average molecular weight is 368 g/mol. The fourth-order valence-electron chi connectivity index (χ4n) is 3.86. The van der Waals surface area contributed by atoms with E-state index in [0.717, 1.165) is 30.6 Å². The molecule has 4 rings (SSSR count). The molecule has 2 fully saturated rings. The van der Waals surface area contributed by atoms with Crippen LogP contribution in [0.3, 0.4) is 0 Å². The third-order valence-electron chi connectivity index (χ3n) is 5.52. The molecule has 1 saturated heterocycles. The van der Waals surface area contributed by atoms with Gasteiger partial charge in [0.1, 0.15) is 11.6 Å². The van der Waals surface area contributed by atoms with Gasteiger partial charge in [-0.25, -0.2) is 4.39 Å². The van der Waals surface area contributed by atoms with Crippen LogP contribution in [0.5, 0.6) is 5.75 Å². The van der Waals surface area contributed by atoms with E-state index in [0.29, 0.717) is 18.2 Å². The van der Waals surface area contributed by atoms with Crippen molar-refractivity contribution in [2.24, 2.45) is 0 Å². The first-order valence-corrected chi connectivity index (χ1v) is 9.61. The van der Waals surface area contributed by atoms with Gasteiger partial charge >= 0.3 is 0 Å². The van der Waals surface area contributed by atoms with Gasteiger partial charge in [0.15, 0.2) is 0 Å². The Bertz CT molecular complexity index is 818. The normalized spacial score (nSPS) is 19.9. The van der Waals surface area contributed by atoms with Crippen molar-refractivity contribution < 1.29 is 13.9 Å². The van der Waals surface area contributed by atoms with Gasteiger partial charge in [-0.05, 0) is 61.9 Å². The molecule has 4 nitrogen and oxygen atoms in total. The van der Waals surface area contributed by atoms with Crippen molar-refractivity contribution in [1.82, 2.24) is 4.90 Å². The lowest BCUT2D eigenvalue weighted by Crippen LogP contribution is -2.39. The number of nitrogens with zero attached hydrogens (tertiary/aromatic N) is 1. The smallest absolute Gasteiger partial charge is 0.241 e. The number of likely N-dealkylation sites (tertiary alicyclic amines) is 1. The molecule has 0 unspecified atom stereocenters. The highest BCUT2D eigenvalue weighted by molar-refractivity contribution is 5.95. The van der Waals surface area contributed by atoms with Gasteiger partial charge in [0.05, 0.1) is 13.2 Å². The maximum Gasteiger partial charge on any atom is 0.241 e. The first kappa shape index (κ1) is 18.0. The minimum Gasteiger partial charge on any atom is -0.496 e. The van der Waals surface area contributed by atoms with Crippen LogP contribution in [-0.2, 0) is 11.3 Å². The Hall–Kier alpha value is -2.40. The van der Waals surface area contributed by atoms with Crippen molar-refractivity contribution in [1.29, 1.82) is 0 Å². The van der Waals surface area contributed by atoms with E-state index in [-0.39, 0.29) is 17.8 Å².